The van der Waals surface area contributed by atoms with E-state index in [0.29, 0.717) is 22.4 Å². The molecule has 156 valence electrons. The molecule has 0 radical (unpaired) electrons. The summed E-state index contributed by atoms with van der Waals surface area (Å²) in [6, 6.07) is 10.9. The summed E-state index contributed by atoms with van der Waals surface area (Å²) in [6.07, 6.45) is -0.0484. The van der Waals surface area contributed by atoms with Gasteiger partial charge in [0, 0.05) is 17.7 Å². The molecule has 0 aliphatic carbocycles. The maximum Gasteiger partial charge on any atom is 0.414 e. The van der Waals surface area contributed by atoms with E-state index >= 15 is 0 Å². The largest absolute Gasteiger partial charge is 0.442 e. The quantitative estimate of drug-likeness (QED) is 0.713. The fraction of sp³-hybridized carbons (Fsp3) is 0.300. The number of hydrogen-bond donors (Lipinski definition) is 2. The highest BCUT2D eigenvalue weighted by Crippen LogP contribution is 2.23. The van der Waals surface area contributed by atoms with Gasteiger partial charge < -0.3 is 15.4 Å². The van der Waals surface area contributed by atoms with Crippen molar-refractivity contribution in [1.82, 2.24) is 10.6 Å². The van der Waals surface area contributed by atoms with E-state index in [9.17, 15) is 9.59 Å². The number of aliphatic imine (C=N–C) groups is 2. The molecule has 2 N–H and O–H groups in total. The minimum absolute atomic E-state index is 0.231. The van der Waals surface area contributed by atoms with E-state index in [1.165, 1.54) is 11.3 Å². The molecular weight excluding hydrogens is 426 g/mol. The summed E-state index contributed by atoms with van der Waals surface area (Å²) in [6.45, 7) is 3.03. The Balaban J connectivity index is 1.35. The summed E-state index contributed by atoms with van der Waals surface area (Å²) in [5, 5.41) is 6.00. The molecule has 2 aliphatic heterocycles. The molecule has 2 amide bonds. The normalized spacial score (nSPS) is 18.4. The van der Waals surface area contributed by atoms with Crippen LogP contribution in [-0.4, -0.2) is 49.5 Å². The smallest absolute Gasteiger partial charge is 0.414 e. The maximum absolute atomic E-state index is 12.3. The number of ether oxygens (including phenoxy) is 1. The molecule has 8 nitrogen and oxygen atoms in total. The molecular formula is C20H20ClN5O3S. The van der Waals surface area contributed by atoms with Crippen molar-refractivity contribution in [3.63, 3.8) is 0 Å². The van der Waals surface area contributed by atoms with Gasteiger partial charge in [-0.1, -0.05) is 18.5 Å². The molecule has 0 saturated carbocycles. The molecule has 30 heavy (non-hydrogen) atoms. The highest BCUT2D eigenvalue weighted by atomic mass is 35.5. The number of amides is 2. The van der Waals surface area contributed by atoms with E-state index in [4.69, 9.17) is 16.3 Å². The Morgan fingerprint density at radius 3 is 2.80 bits per heavy atom. The number of thiophene rings is 1. The number of hydrogen-bond acceptors (Lipinski definition) is 7. The number of nitrogens with one attached hydrogen (secondary N) is 2. The molecule has 1 fully saturated rings. The molecule has 0 bridgehead atoms. The third kappa shape index (κ3) is 4.47. The Bertz CT molecular complexity index is 1020. The number of benzene rings is 1. The molecule has 2 aromatic rings. The zero-order valence-corrected chi connectivity index (χ0v) is 17.8. The van der Waals surface area contributed by atoms with Crippen molar-refractivity contribution in [1.29, 1.82) is 0 Å². The molecule has 2 aliphatic rings. The standard InChI is InChI=1S/C20H20ClN5O3S/c1-2-17-23-11-24-18(25-17)12-3-5-13(6-4-12)26-10-14(29-20(26)28)9-22-19(27)15-7-8-16(21)30-15/h3-8,14H,2,9-11H2,1H3,(H,22,27)(H,23,24,25)/t14-/m0/s1. The number of carbonyl (C=O) groups is 2. The lowest BCUT2D eigenvalue weighted by atomic mass is 10.1. The van der Waals surface area contributed by atoms with Gasteiger partial charge in [-0.2, -0.15) is 0 Å². The average molecular weight is 446 g/mol. The van der Waals surface area contributed by atoms with Gasteiger partial charge in [-0.05, 0) is 36.4 Å². The zero-order valence-electron chi connectivity index (χ0n) is 16.2. The predicted molar refractivity (Wildman–Crippen MR) is 118 cm³/mol. The predicted octanol–water partition coefficient (Wildman–Crippen LogP) is 3.27. The summed E-state index contributed by atoms with van der Waals surface area (Å²) in [5.74, 6) is 1.44. The van der Waals surface area contributed by atoms with Crippen LogP contribution in [0.4, 0.5) is 10.5 Å². The van der Waals surface area contributed by atoms with Gasteiger partial charge in [0.05, 0.1) is 22.3 Å². The lowest BCUT2D eigenvalue weighted by molar-refractivity contribution is 0.0920. The number of amidine groups is 2. The van der Waals surface area contributed by atoms with Crippen LogP contribution in [0.2, 0.25) is 4.34 Å². The summed E-state index contributed by atoms with van der Waals surface area (Å²) in [4.78, 5) is 35.2. The Morgan fingerprint density at radius 1 is 1.30 bits per heavy atom. The van der Waals surface area contributed by atoms with Gasteiger partial charge >= 0.3 is 6.09 Å². The minimum Gasteiger partial charge on any atom is -0.442 e. The first-order valence-electron chi connectivity index (χ1n) is 9.50. The van der Waals surface area contributed by atoms with Gasteiger partial charge in [0.25, 0.3) is 5.91 Å². The number of carbonyl (C=O) groups excluding carboxylic acids is 2. The Labute approximate surface area is 182 Å². The first-order chi connectivity index (χ1) is 14.5. The van der Waals surface area contributed by atoms with Crippen LogP contribution in [0.1, 0.15) is 28.6 Å². The van der Waals surface area contributed by atoms with Crippen LogP contribution >= 0.6 is 22.9 Å². The van der Waals surface area contributed by atoms with E-state index in [1.807, 2.05) is 31.2 Å². The van der Waals surface area contributed by atoms with Crippen molar-refractivity contribution in [3.05, 3.63) is 51.2 Å². The lowest BCUT2D eigenvalue weighted by Gasteiger charge is -2.17. The minimum atomic E-state index is -0.435. The number of anilines is 1. The highest BCUT2D eigenvalue weighted by molar-refractivity contribution is 7.18. The van der Waals surface area contributed by atoms with Crippen LogP contribution in [0.15, 0.2) is 46.4 Å². The summed E-state index contributed by atoms with van der Waals surface area (Å²) >= 11 is 7.06. The second-order valence-corrected chi connectivity index (χ2v) is 8.42. The third-order valence-corrected chi connectivity index (χ3v) is 5.93. The van der Waals surface area contributed by atoms with Crippen LogP contribution in [0, 0.1) is 0 Å². The summed E-state index contributed by atoms with van der Waals surface area (Å²) < 4.78 is 5.94. The van der Waals surface area contributed by atoms with Crippen LogP contribution in [0.25, 0.3) is 0 Å². The fourth-order valence-corrected chi connectivity index (χ4v) is 4.10. The topological polar surface area (TPSA) is 95.4 Å². The molecule has 1 aromatic carbocycles. The summed E-state index contributed by atoms with van der Waals surface area (Å²) in [5.41, 5.74) is 1.65. The second-order valence-electron chi connectivity index (χ2n) is 6.71. The van der Waals surface area contributed by atoms with Crippen LogP contribution in [0.5, 0.6) is 0 Å². The molecule has 1 saturated heterocycles. The Morgan fingerprint density at radius 2 is 2.10 bits per heavy atom. The molecule has 3 heterocycles. The van der Waals surface area contributed by atoms with Gasteiger partial charge in [0.15, 0.2) is 0 Å². The van der Waals surface area contributed by atoms with Gasteiger partial charge in [0.1, 0.15) is 24.4 Å². The highest BCUT2D eigenvalue weighted by Gasteiger charge is 2.32. The number of rotatable bonds is 6. The number of halogens is 1. The SMILES string of the molecule is CCC1=NCN=C(c2ccc(N3C[C@H](CNC(=O)c4ccc(Cl)s4)OC3=O)cc2)N1. The van der Waals surface area contributed by atoms with Crippen molar-refractivity contribution in [2.24, 2.45) is 9.98 Å². The van der Waals surface area contributed by atoms with Crippen molar-refractivity contribution in [2.45, 2.75) is 19.4 Å². The summed E-state index contributed by atoms with van der Waals surface area (Å²) in [7, 11) is 0. The monoisotopic (exact) mass is 445 g/mol. The fourth-order valence-electron chi connectivity index (χ4n) is 3.14. The van der Waals surface area contributed by atoms with Gasteiger partial charge in [-0.3, -0.25) is 9.69 Å². The van der Waals surface area contributed by atoms with Crippen LogP contribution in [0.3, 0.4) is 0 Å². The van der Waals surface area contributed by atoms with Gasteiger partial charge in [-0.25, -0.2) is 14.8 Å². The maximum atomic E-state index is 12.3. The van der Waals surface area contributed by atoms with E-state index in [2.05, 4.69) is 20.6 Å². The van der Waals surface area contributed by atoms with Crippen molar-refractivity contribution in [2.75, 3.05) is 24.7 Å². The van der Waals surface area contributed by atoms with Crippen molar-refractivity contribution in [3.8, 4) is 0 Å². The molecule has 1 atom stereocenters. The molecule has 1 aromatic heterocycles. The average Bonchev–Trinajstić information content (AvgIpc) is 3.37. The second kappa shape index (κ2) is 8.85. The van der Waals surface area contributed by atoms with Gasteiger partial charge in [-0.15, -0.1) is 11.3 Å². The number of nitrogens with zero attached hydrogens (tertiary/aromatic N) is 3. The Kier molecular flexibility index (Phi) is 6.01. The molecule has 4 rings (SSSR count). The van der Waals surface area contributed by atoms with Crippen LogP contribution < -0.4 is 15.5 Å². The molecule has 10 heteroatoms. The van der Waals surface area contributed by atoms with Gasteiger partial charge in [0.2, 0.25) is 0 Å². The van der Waals surface area contributed by atoms with E-state index in [-0.39, 0.29) is 12.5 Å². The van der Waals surface area contributed by atoms with E-state index in [0.717, 1.165) is 29.3 Å². The Hall–Kier alpha value is -2.91. The molecule has 0 spiro atoms. The third-order valence-electron chi connectivity index (χ3n) is 4.70. The van der Waals surface area contributed by atoms with Crippen molar-refractivity contribution < 1.29 is 14.3 Å². The number of cyclic esters (lactones) is 1. The van der Waals surface area contributed by atoms with Crippen LogP contribution in [-0.2, 0) is 4.74 Å². The van der Waals surface area contributed by atoms with Crippen molar-refractivity contribution >= 4 is 52.3 Å². The van der Waals surface area contributed by atoms with E-state index in [1.54, 1.807) is 17.0 Å². The lowest BCUT2D eigenvalue weighted by Crippen LogP contribution is -2.34. The first-order valence-corrected chi connectivity index (χ1v) is 10.7. The van der Waals surface area contributed by atoms with E-state index < -0.39 is 12.2 Å². The molecule has 0 unspecified atom stereocenters. The zero-order chi connectivity index (χ0) is 21.1. The first kappa shape index (κ1) is 20.4.